The minimum atomic E-state index is 0.619. The highest BCUT2D eigenvalue weighted by atomic mass is 16.4. The molecule has 0 saturated heterocycles. The maximum atomic E-state index is 8.54. The predicted molar refractivity (Wildman–Crippen MR) is 55.1 cm³/mol. The van der Waals surface area contributed by atoms with Crippen molar-refractivity contribution >= 4 is 11.3 Å². The zero-order chi connectivity index (χ0) is 9.84. The predicted octanol–water partition coefficient (Wildman–Crippen LogP) is 2.92. The van der Waals surface area contributed by atoms with Gasteiger partial charge in [0.2, 0.25) is 0 Å². The second kappa shape index (κ2) is 3.90. The molecule has 68 valence electrons. The van der Waals surface area contributed by atoms with Gasteiger partial charge in [-0.15, -0.1) is 0 Å². The van der Waals surface area contributed by atoms with Crippen LogP contribution in [0.3, 0.4) is 0 Å². The molecule has 13 heavy (non-hydrogen) atoms. The van der Waals surface area contributed by atoms with Gasteiger partial charge in [-0.05, 0) is 25.0 Å². The normalized spacial score (nSPS) is 11.4. The van der Waals surface area contributed by atoms with E-state index in [-0.39, 0.29) is 0 Å². The molecule has 0 spiro atoms. The lowest BCUT2D eigenvalue weighted by atomic mass is 10.1. The Morgan fingerprint density at radius 3 is 2.00 bits per heavy atom. The molecule has 0 aromatic heterocycles. The van der Waals surface area contributed by atoms with Crippen LogP contribution in [0.15, 0.2) is 36.0 Å². The minimum Gasteiger partial charge on any atom is -0.411 e. The van der Waals surface area contributed by atoms with Gasteiger partial charge in [0.15, 0.2) is 0 Å². The Kier molecular flexibility index (Phi) is 2.85. The van der Waals surface area contributed by atoms with E-state index in [1.807, 2.05) is 31.2 Å². The average Bonchev–Trinajstić information content (AvgIpc) is 2.17. The molecule has 0 unspecified atom stereocenters. The molecule has 1 aromatic carbocycles. The number of rotatable bonds is 2. The first kappa shape index (κ1) is 9.52. The van der Waals surface area contributed by atoms with Gasteiger partial charge in [-0.2, -0.15) is 0 Å². The van der Waals surface area contributed by atoms with Crippen molar-refractivity contribution in [1.29, 1.82) is 0 Å². The van der Waals surface area contributed by atoms with Crippen molar-refractivity contribution in [2.24, 2.45) is 5.16 Å². The lowest BCUT2D eigenvalue weighted by molar-refractivity contribution is 0.319. The second-order valence-electron chi connectivity index (χ2n) is 3.04. The van der Waals surface area contributed by atoms with E-state index in [0.29, 0.717) is 5.71 Å². The van der Waals surface area contributed by atoms with Crippen molar-refractivity contribution < 1.29 is 5.21 Å². The topological polar surface area (TPSA) is 32.6 Å². The number of hydrogen-bond acceptors (Lipinski definition) is 2. The first-order valence-corrected chi connectivity index (χ1v) is 4.10. The summed E-state index contributed by atoms with van der Waals surface area (Å²) in [6, 6.07) is 7.76. The van der Waals surface area contributed by atoms with E-state index >= 15 is 0 Å². The lowest BCUT2D eigenvalue weighted by Gasteiger charge is -2.01. The van der Waals surface area contributed by atoms with Crippen LogP contribution < -0.4 is 0 Å². The monoisotopic (exact) mass is 175 g/mol. The average molecular weight is 175 g/mol. The van der Waals surface area contributed by atoms with Gasteiger partial charge < -0.3 is 5.21 Å². The number of hydrogen-bond donors (Lipinski definition) is 1. The summed E-state index contributed by atoms with van der Waals surface area (Å²) in [5.41, 5.74) is 3.68. The molecule has 1 N–H and O–H groups in total. The molecule has 0 atom stereocenters. The molecular weight excluding hydrogens is 162 g/mol. The van der Waals surface area contributed by atoms with Crippen molar-refractivity contribution in [1.82, 2.24) is 0 Å². The van der Waals surface area contributed by atoms with Gasteiger partial charge in [-0.3, -0.25) is 0 Å². The summed E-state index contributed by atoms with van der Waals surface area (Å²) in [7, 11) is 0. The van der Waals surface area contributed by atoms with Gasteiger partial charge in [0, 0.05) is 0 Å². The molecule has 0 amide bonds. The van der Waals surface area contributed by atoms with Crippen LogP contribution in [0.25, 0.3) is 5.57 Å². The Labute approximate surface area is 78.2 Å². The van der Waals surface area contributed by atoms with Gasteiger partial charge in [0.1, 0.15) is 0 Å². The minimum absolute atomic E-state index is 0.619. The molecule has 0 fully saturated rings. The molecule has 1 rings (SSSR count). The highest BCUT2D eigenvalue weighted by Crippen LogP contribution is 2.12. The summed E-state index contributed by atoms with van der Waals surface area (Å²) in [6.45, 7) is 7.56. The summed E-state index contributed by atoms with van der Waals surface area (Å²) in [4.78, 5) is 0. The van der Waals surface area contributed by atoms with Crippen LogP contribution in [0.2, 0.25) is 0 Å². The van der Waals surface area contributed by atoms with E-state index in [0.717, 1.165) is 16.7 Å². The van der Waals surface area contributed by atoms with Crippen molar-refractivity contribution in [3.63, 3.8) is 0 Å². The van der Waals surface area contributed by atoms with Crippen LogP contribution in [-0.2, 0) is 0 Å². The standard InChI is InChI=1S/C11H13NO/c1-8(2)10-4-6-11(7-5-10)9(3)12-13/h4-7,13H,1H2,2-3H3. The summed E-state index contributed by atoms with van der Waals surface area (Å²) in [5.74, 6) is 0. The number of oxime groups is 1. The zero-order valence-corrected chi connectivity index (χ0v) is 7.91. The summed E-state index contributed by atoms with van der Waals surface area (Å²) >= 11 is 0. The molecule has 0 aliphatic carbocycles. The highest BCUT2D eigenvalue weighted by Gasteiger charge is 1.97. The van der Waals surface area contributed by atoms with Gasteiger partial charge in [-0.25, -0.2) is 0 Å². The summed E-state index contributed by atoms with van der Waals surface area (Å²) in [5, 5.41) is 11.7. The summed E-state index contributed by atoms with van der Waals surface area (Å²) in [6.07, 6.45) is 0. The lowest BCUT2D eigenvalue weighted by Crippen LogP contribution is -1.93. The Balaban J connectivity index is 3.00. The molecule has 0 aliphatic heterocycles. The highest BCUT2D eigenvalue weighted by molar-refractivity contribution is 5.98. The quantitative estimate of drug-likeness (QED) is 0.418. The molecule has 0 radical (unpaired) electrons. The molecule has 0 heterocycles. The third kappa shape index (κ3) is 2.18. The summed E-state index contributed by atoms with van der Waals surface area (Å²) < 4.78 is 0. The maximum Gasteiger partial charge on any atom is 0.0836 e. The van der Waals surface area contributed by atoms with Crippen LogP contribution in [0, 0.1) is 0 Å². The molecule has 1 aromatic rings. The molecule has 2 nitrogen and oxygen atoms in total. The first-order chi connectivity index (χ1) is 6.15. The fourth-order valence-electron chi connectivity index (χ4n) is 1.05. The van der Waals surface area contributed by atoms with Gasteiger partial charge >= 0.3 is 0 Å². The van der Waals surface area contributed by atoms with Crippen LogP contribution in [-0.4, -0.2) is 10.9 Å². The Hall–Kier alpha value is -1.57. The largest absolute Gasteiger partial charge is 0.411 e. The van der Waals surface area contributed by atoms with E-state index in [1.54, 1.807) is 6.92 Å². The van der Waals surface area contributed by atoms with Crippen molar-refractivity contribution in [2.45, 2.75) is 13.8 Å². The SMILES string of the molecule is C=C(C)c1ccc(C(C)=NO)cc1. The van der Waals surface area contributed by atoms with Crippen LogP contribution in [0.1, 0.15) is 25.0 Å². The van der Waals surface area contributed by atoms with Crippen molar-refractivity contribution in [3.8, 4) is 0 Å². The first-order valence-electron chi connectivity index (χ1n) is 4.10. The maximum absolute atomic E-state index is 8.54. The van der Waals surface area contributed by atoms with Crippen LogP contribution in [0.5, 0.6) is 0 Å². The van der Waals surface area contributed by atoms with Gasteiger partial charge in [0.05, 0.1) is 5.71 Å². The van der Waals surface area contributed by atoms with E-state index in [2.05, 4.69) is 11.7 Å². The second-order valence-corrected chi connectivity index (χ2v) is 3.04. The third-order valence-corrected chi connectivity index (χ3v) is 1.95. The van der Waals surface area contributed by atoms with E-state index in [1.165, 1.54) is 0 Å². The Morgan fingerprint density at radius 2 is 1.62 bits per heavy atom. The molecule has 0 aliphatic rings. The van der Waals surface area contributed by atoms with E-state index in [9.17, 15) is 0 Å². The zero-order valence-electron chi connectivity index (χ0n) is 7.91. The molecule has 0 saturated carbocycles. The number of benzene rings is 1. The number of allylic oxidation sites excluding steroid dienone is 1. The fourth-order valence-corrected chi connectivity index (χ4v) is 1.05. The van der Waals surface area contributed by atoms with Crippen LogP contribution >= 0.6 is 0 Å². The van der Waals surface area contributed by atoms with Crippen LogP contribution in [0.4, 0.5) is 0 Å². The fraction of sp³-hybridized carbons (Fsp3) is 0.182. The Bertz CT molecular complexity index is 336. The number of nitrogens with zero attached hydrogens (tertiary/aromatic N) is 1. The van der Waals surface area contributed by atoms with Crippen molar-refractivity contribution in [2.75, 3.05) is 0 Å². The van der Waals surface area contributed by atoms with Gasteiger partial charge in [-0.1, -0.05) is 41.6 Å². The molecular formula is C11H13NO. The Morgan fingerprint density at radius 1 is 1.15 bits per heavy atom. The van der Waals surface area contributed by atoms with Crippen molar-refractivity contribution in [3.05, 3.63) is 42.0 Å². The molecule has 0 bridgehead atoms. The smallest absolute Gasteiger partial charge is 0.0836 e. The molecule has 2 heteroatoms. The van der Waals surface area contributed by atoms with E-state index in [4.69, 9.17) is 5.21 Å². The van der Waals surface area contributed by atoms with E-state index < -0.39 is 0 Å². The van der Waals surface area contributed by atoms with Gasteiger partial charge in [0.25, 0.3) is 0 Å². The third-order valence-electron chi connectivity index (χ3n) is 1.95.